The molecule has 2 N–H and O–H groups in total. The highest BCUT2D eigenvalue weighted by Crippen LogP contribution is 2.20. The number of benzene rings is 1. The van der Waals surface area contributed by atoms with Gasteiger partial charge in [0, 0.05) is 56.3 Å². The number of methoxy groups -OCH3 is 1. The Bertz CT molecular complexity index is 777. The first-order chi connectivity index (χ1) is 13.7. The standard InChI is InChI=1S/C21H31FN4O2/c1-3-23-21(26-9-7-16(14-26)15-28-11-10-27-2)24-8-6-17-13-25-20-12-18(22)4-5-19(17)20/h4-5,12-13,16,25H,3,6-11,14-15H2,1-2H3,(H,23,24). The van der Waals surface area contributed by atoms with Crippen LogP contribution in [0, 0.1) is 11.7 Å². The summed E-state index contributed by atoms with van der Waals surface area (Å²) in [5, 5.41) is 4.47. The first kappa shape index (κ1) is 20.6. The number of H-pyrrole nitrogens is 1. The Morgan fingerprint density at radius 2 is 2.29 bits per heavy atom. The number of ether oxygens (including phenoxy) is 2. The number of likely N-dealkylation sites (tertiary alicyclic amines) is 1. The van der Waals surface area contributed by atoms with Crippen molar-refractivity contribution in [2.75, 3.05) is 53.1 Å². The number of aliphatic imine (C=N–C) groups is 1. The van der Waals surface area contributed by atoms with Crippen molar-refractivity contribution < 1.29 is 13.9 Å². The molecule has 1 saturated heterocycles. The summed E-state index contributed by atoms with van der Waals surface area (Å²) in [5.41, 5.74) is 2.00. The molecule has 0 saturated carbocycles. The first-order valence-electron chi connectivity index (χ1n) is 10.1. The predicted octanol–water partition coefficient (Wildman–Crippen LogP) is 2.80. The zero-order chi connectivity index (χ0) is 19.8. The van der Waals surface area contributed by atoms with Gasteiger partial charge in [0.1, 0.15) is 5.82 Å². The third kappa shape index (κ3) is 5.45. The van der Waals surface area contributed by atoms with E-state index < -0.39 is 0 Å². The molecule has 2 heterocycles. The van der Waals surface area contributed by atoms with Gasteiger partial charge in [-0.1, -0.05) is 0 Å². The van der Waals surface area contributed by atoms with Gasteiger partial charge in [0.2, 0.25) is 0 Å². The molecule has 1 aliphatic rings. The van der Waals surface area contributed by atoms with Crippen molar-refractivity contribution in [1.29, 1.82) is 0 Å². The van der Waals surface area contributed by atoms with E-state index in [2.05, 4.69) is 22.1 Å². The Labute approximate surface area is 166 Å². The van der Waals surface area contributed by atoms with E-state index in [1.165, 1.54) is 17.7 Å². The van der Waals surface area contributed by atoms with Crippen LogP contribution in [-0.2, 0) is 15.9 Å². The Balaban J connectivity index is 1.54. The van der Waals surface area contributed by atoms with Crippen molar-refractivity contribution in [3.8, 4) is 0 Å². The fraction of sp³-hybridized carbons (Fsp3) is 0.571. The summed E-state index contributed by atoms with van der Waals surface area (Å²) in [6.45, 7) is 7.64. The first-order valence-corrected chi connectivity index (χ1v) is 10.1. The average molecular weight is 391 g/mol. The van der Waals surface area contributed by atoms with Crippen LogP contribution in [0.3, 0.4) is 0 Å². The molecule has 0 radical (unpaired) electrons. The smallest absolute Gasteiger partial charge is 0.193 e. The number of hydrogen-bond donors (Lipinski definition) is 2. The number of hydrogen-bond acceptors (Lipinski definition) is 3. The Morgan fingerprint density at radius 3 is 3.11 bits per heavy atom. The van der Waals surface area contributed by atoms with Gasteiger partial charge in [-0.2, -0.15) is 0 Å². The summed E-state index contributed by atoms with van der Waals surface area (Å²) in [7, 11) is 1.69. The molecule has 1 aromatic carbocycles. The molecule has 3 rings (SSSR count). The molecule has 28 heavy (non-hydrogen) atoms. The minimum Gasteiger partial charge on any atom is -0.382 e. The summed E-state index contributed by atoms with van der Waals surface area (Å²) in [6.07, 6.45) is 3.89. The number of nitrogens with zero attached hydrogens (tertiary/aromatic N) is 2. The zero-order valence-corrected chi connectivity index (χ0v) is 16.8. The van der Waals surface area contributed by atoms with Gasteiger partial charge >= 0.3 is 0 Å². The van der Waals surface area contributed by atoms with E-state index >= 15 is 0 Å². The van der Waals surface area contributed by atoms with Crippen molar-refractivity contribution in [1.82, 2.24) is 15.2 Å². The number of aromatic amines is 1. The zero-order valence-electron chi connectivity index (χ0n) is 16.8. The van der Waals surface area contributed by atoms with Crippen molar-refractivity contribution in [3.05, 3.63) is 35.8 Å². The van der Waals surface area contributed by atoms with E-state index in [0.717, 1.165) is 55.9 Å². The summed E-state index contributed by atoms with van der Waals surface area (Å²) in [4.78, 5) is 10.3. The van der Waals surface area contributed by atoms with Gasteiger partial charge in [0.15, 0.2) is 5.96 Å². The van der Waals surface area contributed by atoms with Gasteiger partial charge in [-0.15, -0.1) is 0 Å². The number of aromatic nitrogens is 1. The summed E-state index contributed by atoms with van der Waals surface area (Å²) in [5.74, 6) is 1.28. The largest absolute Gasteiger partial charge is 0.382 e. The molecule has 1 unspecified atom stereocenters. The SMILES string of the molecule is CCNC(=NCCc1c[nH]c2cc(F)ccc12)N1CCC(COCCOC)C1. The molecule has 6 nitrogen and oxygen atoms in total. The van der Waals surface area contributed by atoms with Crippen molar-refractivity contribution in [2.45, 2.75) is 19.8 Å². The monoisotopic (exact) mass is 390 g/mol. The number of rotatable bonds is 9. The third-order valence-corrected chi connectivity index (χ3v) is 5.08. The maximum atomic E-state index is 13.3. The number of fused-ring (bicyclic) bond motifs is 1. The van der Waals surface area contributed by atoms with E-state index in [4.69, 9.17) is 14.5 Å². The van der Waals surface area contributed by atoms with Gasteiger partial charge in [-0.05, 0) is 43.5 Å². The molecule has 1 atom stereocenters. The fourth-order valence-corrected chi connectivity index (χ4v) is 3.63. The van der Waals surface area contributed by atoms with E-state index in [1.807, 2.05) is 12.3 Å². The van der Waals surface area contributed by atoms with E-state index in [9.17, 15) is 4.39 Å². The normalized spacial score (nSPS) is 17.6. The van der Waals surface area contributed by atoms with Gasteiger partial charge in [0.05, 0.1) is 19.8 Å². The van der Waals surface area contributed by atoms with Crippen molar-refractivity contribution in [3.63, 3.8) is 0 Å². The Kier molecular flexibility index (Phi) is 7.68. The highest BCUT2D eigenvalue weighted by molar-refractivity contribution is 5.83. The maximum absolute atomic E-state index is 13.3. The highest BCUT2D eigenvalue weighted by Gasteiger charge is 2.24. The van der Waals surface area contributed by atoms with Crippen LogP contribution in [0.25, 0.3) is 10.9 Å². The second-order valence-corrected chi connectivity index (χ2v) is 7.16. The molecule has 154 valence electrons. The topological polar surface area (TPSA) is 61.9 Å². The van der Waals surface area contributed by atoms with Crippen LogP contribution < -0.4 is 5.32 Å². The summed E-state index contributed by atoms with van der Waals surface area (Å²) < 4.78 is 24.0. The molecule has 0 aliphatic carbocycles. The minimum absolute atomic E-state index is 0.219. The van der Waals surface area contributed by atoms with Crippen molar-refractivity contribution >= 4 is 16.9 Å². The van der Waals surface area contributed by atoms with Crippen LogP contribution in [0.15, 0.2) is 29.4 Å². The Morgan fingerprint density at radius 1 is 1.39 bits per heavy atom. The lowest BCUT2D eigenvalue weighted by molar-refractivity contribution is 0.0536. The van der Waals surface area contributed by atoms with Crippen LogP contribution in [0.1, 0.15) is 18.9 Å². The molecule has 1 fully saturated rings. The molecule has 1 aliphatic heterocycles. The van der Waals surface area contributed by atoms with Gasteiger partial charge in [-0.3, -0.25) is 4.99 Å². The molecule has 0 amide bonds. The van der Waals surface area contributed by atoms with E-state index in [1.54, 1.807) is 7.11 Å². The lowest BCUT2D eigenvalue weighted by atomic mass is 10.1. The van der Waals surface area contributed by atoms with Crippen LogP contribution in [-0.4, -0.2) is 69.0 Å². The predicted molar refractivity (Wildman–Crippen MR) is 110 cm³/mol. The van der Waals surface area contributed by atoms with Gasteiger partial charge < -0.3 is 24.7 Å². The van der Waals surface area contributed by atoms with Gasteiger partial charge in [-0.25, -0.2) is 4.39 Å². The van der Waals surface area contributed by atoms with Crippen molar-refractivity contribution in [2.24, 2.45) is 10.9 Å². The fourth-order valence-electron chi connectivity index (χ4n) is 3.63. The lowest BCUT2D eigenvalue weighted by Crippen LogP contribution is -2.40. The highest BCUT2D eigenvalue weighted by atomic mass is 19.1. The quantitative estimate of drug-likeness (QED) is 0.393. The van der Waals surface area contributed by atoms with E-state index in [0.29, 0.717) is 25.7 Å². The maximum Gasteiger partial charge on any atom is 0.193 e. The molecule has 7 heteroatoms. The number of guanidine groups is 1. The second-order valence-electron chi connectivity index (χ2n) is 7.16. The van der Waals surface area contributed by atoms with Crippen LogP contribution in [0.5, 0.6) is 0 Å². The van der Waals surface area contributed by atoms with Crippen LogP contribution in [0.2, 0.25) is 0 Å². The number of nitrogens with one attached hydrogen (secondary N) is 2. The molecule has 0 spiro atoms. The molecular weight excluding hydrogens is 359 g/mol. The summed E-state index contributed by atoms with van der Waals surface area (Å²) in [6, 6.07) is 4.87. The van der Waals surface area contributed by atoms with Crippen LogP contribution in [0.4, 0.5) is 4.39 Å². The Hall–Kier alpha value is -2.12. The summed E-state index contributed by atoms with van der Waals surface area (Å²) >= 11 is 0. The molecule has 2 aromatic rings. The average Bonchev–Trinajstić information content (AvgIpc) is 3.31. The molecule has 1 aromatic heterocycles. The van der Waals surface area contributed by atoms with E-state index in [-0.39, 0.29) is 5.82 Å². The number of halogens is 1. The molecular formula is C21H31FN4O2. The lowest BCUT2D eigenvalue weighted by Gasteiger charge is -2.21. The second kappa shape index (κ2) is 10.4. The van der Waals surface area contributed by atoms with Crippen LogP contribution >= 0.6 is 0 Å². The molecule has 0 bridgehead atoms. The minimum atomic E-state index is -0.219. The van der Waals surface area contributed by atoms with Gasteiger partial charge in [0.25, 0.3) is 0 Å². The third-order valence-electron chi connectivity index (χ3n) is 5.08.